The summed E-state index contributed by atoms with van der Waals surface area (Å²) in [7, 11) is 0. The van der Waals surface area contributed by atoms with E-state index in [9.17, 15) is 19.5 Å². The highest BCUT2D eigenvalue weighted by Crippen LogP contribution is 2.64. The zero-order chi connectivity index (χ0) is 23.1. The number of furan rings is 1. The topological polar surface area (TPSA) is 103 Å². The molecular formula is C24H34O7. The summed E-state index contributed by atoms with van der Waals surface area (Å²) in [5, 5.41) is 12.3. The number of carbonyl (C=O) groups excluding carboxylic acids is 3. The van der Waals surface area contributed by atoms with Gasteiger partial charge in [0.15, 0.2) is 11.4 Å². The van der Waals surface area contributed by atoms with Gasteiger partial charge in [0, 0.05) is 31.1 Å². The van der Waals surface area contributed by atoms with Crippen molar-refractivity contribution in [3.8, 4) is 0 Å². The molecule has 31 heavy (non-hydrogen) atoms. The molecule has 7 heteroatoms. The zero-order valence-corrected chi connectivity index (χ0v) is 19.2. The summed E-state index contributed by atoms with van der Waals surface area (Å²) < 4.78 is 16.2. The predicted molar refractivity (Wildman–Crippen MR) is 112 cm³/mol. The van der Waals surface area contributed by atoms with E-state index in [1.807, 2.05) is 19.9 Å². The highest BCUT2D eigenvalue weighted by Gasteiger charge is 2.71. The molecule has 172 valence electrons. The molecule has 2 aliphatic carbocycles. The summed E-state index contributed by atoms with van der Waals surface area (Å²) in [6.45, 7) is 8.39. The monoisotopic (exact) mass is 434 g/mol. The third kappa shape index (κ3) is 3.81. The molecule has 0 bridgehead atoms. The van der Waals surface area contributed by atoms with Crippen molar-refractivity contribution in [3.05, 3.63) is 24.2 Å². The van der Waals surface area contributed by atoms with Gasteiger partial charge in [-0.15, -0.1) is 0 Å². The van der Waals surface area contributed by atoms with Gasteiger partial charge in [-0.05, 0) is 50.2 Å². The van der Waals surface area contributed by atoms with Gasteiger partial charge in [-0.2, -0.15) is 0 Å². The fourth-order valence-corrected chi connectivity index (χ4v) is 6.25. The number of Topliss-reactive ketones (excluding diaryl/α,β-unsaturated/α-hetero) is 1. The number of aliphatic hydroxyl groups is 1. The minimum absolute atomic E-state index is 0.159. The lowest BCUT2D eigenvalue weighted by Gasteiger charge is -2.65. The van der Waals surface area contributed by atoms with Crippen LogP contribution < -0.4 is 0 Å². The van der Waals surface area contributed by atoms with Crippen LogP contribution in [0.5, 0.6) is 0 Å². The first-order valence-corrected chi connectivity index (χ1v) is 11.0. The normalized spacial score (nSPS) is 37.7. The average molecular weight is 435 g/mol. The fourth-order valence-electron chi connectivity index (χ4n) is 6.25. The maximum atomic E-state index is 13.5. The van der Waals surface area contributed by atoms with Gasteiger partial charge >= 0.3 is 11.9 Å². The van der Waals surface area contributed by atoms with E-state index in [-0.39, 0.29) is 37.1 Å². The van der Waals surface area contributed by atoms with Gasteiger partial charge in [-0.25, -0.2) is 0 Å². The largest absolute Gasteiger partial charge is 0.472 e. The van der Waals surface area contributed by atoms with Gasteiger partial charge < -0.3 is 19.0 Å². The van der Waals surface area contributed by atoms with Gasteiger partial charge in [0.1, 0.15) is 5.60 Å². The van der Waals surface area contributed by atoms with E-state index in [1.165, 1.54) is 13.8 Å². The molecule has 0 amide bonds. The lowest BCUT2D eigenvalue weighted by molar-refractivity contribution is -0.268. The number of hydrogen-bond donors (Lipinski definition) is 1. The van der Waals surface area contributed by atoms with Gasteiger partial charge in [-0.3, -0.25) is 14.4 Å². The standard InChI is InChI=1S/C24H34O7/c1-16(25)30-15-21(3)9-6-10-22(4)19(21)13-20(27)23(5,31-17(2)26)24(22,28)11-7-18-8-12-29-14-18/h8,12,14,19,28H,6-7,9-11,13,15H2,1-5H3/t19-,21+,22-,23-,24-/m0/s1. The summed E-state index contributed by atoms with van der Waals surface area (Å²) in [6.07, 6.45) is 6.32. The first-order chi connectivity index (χ1) is 14.4. The van der Waals surface area contributed by atoms with Crippen LogP contribution in [0.25, 0.3) is 0 Å². The first-order valence-electron chi connectivity index (χ1n) is 11.0. The lowest BCUT2D eigenvalue weighted by Crippen LogP contribution is -2.74. The SMILES string of the molecule is CC(=O)OC[C@@]1(C)CCC[C@@]2(C)[C@H]1CC(=O)[C@](C)(OC(C)=O)[C@]2(O)CCc1ccoc1. The van der Waals surface area contributed by atoms with Crippen molar-refractivity contribution in [3.63, 3.8) is 0 Å². The Labute approximate surface area is 183 Å². The molecule has 3 rings (SSSR count). The molecule has 0 aliphatic heterocycles. The number of ether oxygens (including phenoxy) is 2. The molecule has 7 nitrogen and oxygen atoms in total. The number of hydrogen-bond acceptors (Lipinski definition) is 7. The predicted octanol–water partition coefficient (Wildman–Crippen LogP) is 3.61. The third-order valence-electron chi connectivity index (χ3n) is 8.02. The van der Waals surface area contributed by atoms with Crippen LogP contribution in [0.15, 0.2) is 23.0 Å². The van der Waals surface area contributed by atoms with E-state index in [4.69, 9.17) is 13.9 Å². The second kappa shape index (κ2) is 8.08. The molecule has 2 fully saturated rings. The van der Waals surface area contributed by atoms with Crippen molar-refractivity contribution in [1.29, 1.82) is 0 Å². The Morgan fingerprint density at radius 2 is 1.90 bits per heavy atom. The van der Waals surface area contributed by atoms with Crippen LogP contribution in [0, 0.1) is 16.7 Å². The molecule has 0 unspecified atom stereocenters. The Bertz CT molecular complexity index is 846. The van der Waals surface area contributed by atoms with E-state index in [2.05, 4.69) is 0 Å². The van der Waals surface area contributed by atoms with E-state index in [0.29, 0.717) is 12.8 Å². The second-order valence-corrected chi connectivity index (χ2v) is 10.0. The lowest BCUT2D eigenvalue weighted by atomic mass is 9.42. The number of ketones is 1. The number of fused-ring (bicyclic) bond motifs is 1. The van der Waals surface area contributed by atoms with Crippen molar-refractivity contribution in [1.82, 2.24) is 0 Å². The smallest absolute Gasteiger partial charge is 0.303 e. The fraction of sp³-hybridized carbons (Fsp3) is 0.708. The molecule has 2 aliphatic rings. The van der Waals surface area contributed by atoms with Crippen LogP contribution in [0.4, 0.5) is 0 Å². The van der Waals surface area contributed by atoms with Crippen LogP contribution >= 0.6 is 0 Å². The van der Waals surface area contributed by atoms with E-state index < -0.39 is 28.0 Å². The van der Waals surface area contributed by atoms with Crippen LogP contribution in [-0.4, -0.2) is 40.6 Å². The van der Waals surface area contributed by atoms with Crippen molar-refractivity contribution in [2.24, 2.45) is 16.7 Å². The van der Waals surface area contributed by atoms with Crippen molar-refractivity contribution >= 4 is 17.7 Å². The van der Waals surface area contributed by atoms with Crippen molar-refractivity contribution in [2.75, 3.05) is 6.61 Å². The third-order valence-corrected chi connectivity index (χ3v) is 8.02. The highest BCUT2D eigenvalue weighted by atomic mass is 16.6. The number of aryl methyl sites for hydroxylation is 1. The molecule has 0 spiro atoms. The Morgan fingerprint density at radius 3 is 2.48 bits per heavy atom. The van der Waals surface area contributed by atoms with Gasteiger partial charge in [0.05, 0.1) is 19.1 Å². The molecule has 0 aromatic carbocycles. The second-order valence-electron chi connectivity index (χ2n) is 10.0. The number of rotatable bonds is 6. The molecule has 5 atom stereocenters. The first kappa shape index (κ1) is 23.5. The summed E-state index contributed by atoms with van der Waals surface area (Å²) in [6, 6.07) is 1.82. The summed E-state index contributed by atoms with van der Waals surface area (Å²) in [5.41, 5.74) is -3.54. The van der Waals surface area contributed by atoms with Gasteiger partial charge in [0.2, 0.25) is 0 Å². The Balaban J connectivity index is 2.07. The van der Waals surface area contributed by atoms with E-state index in [0.717, 1.165) is 18.4 Å². The summed E-state index contributed by atoms with van der Waals surface area (Å²) >= 11 is 0. The molecule has 1 N–H and O–H groups in total. The maximum Gasteiger partial charge on any atom is 0.303 e. The molecule has 0 saturated heterocycles. The average Bonchev–Trinajstić information content (AvgIpc) is 3.19. The molecule has 1 heterocycles. The number of carbonyl (C=O) groups is 3. The quantitative estimate of drug-likeness (QED) is 0.682. The Morgan fingerprint density at radius 1 is 1.19 bits per heavy atom. The molecular weight excluding hydrogens is 400 g/mol. The molecule has 0 radical (unpaired) electrons. The van der Waals surface area contributed by atoms with Crippen LogP contribution in [0.1, 0.15) is 72.3 Å². The minimum Gasteiger partial charge on any atom is -0.472 e. The molecule has 1 aromatic rings. The van der Waals surface area contributed by atoms with Crippen LogP contribution in [-0.2, 0) is 30.3 Å². The highest BCUT2D eigenvalue weighted by molar-refractivity contribution is 5.92. The van der Waals surface area contributed by atoms with Crippen molar-refractivity contribution < 1.29 is 33.4 Å². The van der Waals surface area contributed by atoms with Crippen LogP contribution in [0.3, 0.4) is 0 Å². The van der Waals surface area contributed by atoms with Crippen LogP contribution in [0.2, 0.25) is 0 Å². The number of esters is 2. The summed E-state index contributed by atoms with van der Waals surface area (Å²) in [5.74, 6) is -1.48. The zero-order valence-electron chi connectivity index (χ0n) is 19.2. The minimum atomic E-state index is -1.66. The van der Waals surface area contributed by atoms with Gasteiger partial charge in [-0.1, -0.05) is 20.3 Å². The van der Waals surface area contributed by atoms with E-state index >= 15 is 0 Å². The van der Waals surface area contributed by atoms with Crippen molar-refractivity contribution in [2.45, 2.75) is 84.3 Å². The van der Waals surface area contributed by atoms with E-state index in [1.54, 1.807) is 19.5 Å². The summed E-state index contributed by atoms with van der Waals surface area (Å²) in [4.78, 5) is 37.0. The molecule has 1 aromatic heterocycles. The maximum absolute atomic E-state index is 13.5. The Kier molecular flexibility index (Phi) is 6.13. The Hall–Kier alpha value is -2.15. The molecule has 2 saturated carbocycles. The van der Waals surface area contributed by atoms with Gasteiger partial charge in [0.25, 0.3) is 0 Å².